The number of aliphatic hydroxyl groups excluding tert-OH is 4. The highest BCUT2D eigenvalue weighted by atomic mass is 16.5. The molecule has 7 N–H and O–H groups in total. The highest BCUT2D eigenvalue weighted by Gasteiger charge is 2.71. The Morgan fingerprint density at radius 3 is 2.45 bits per heavy atom. The molecule has 1 saturated heterocycles. The lowest BCUT2D eigenvalue weighted by atomic mass is 9.45. The number of Topliss-reactive ketones (excluding diaryl/α,β-unsaturated/α-hetero) is 1. The van der Waals surface area contributed by atoms with E-state index in [1.165, 1.54) is 19.3 Å². The van der Waals surface area contributed by atoms with Crippen molar-refractivity contribution in [2.45, 2.75) is 166 Å². The zero-order chi connectivity index (χ0) is 34.3. The van der Waals surface area contributed by atoms with Gasteiger partial charge in [-0.2, -0.15) is 0 Å². The van der Waals surface area contributed by atoms with Gasteiger partial charge in [-0.1, -0.05) is 47.0 Å². The largest absolute Gasteiger partial charge is 0.392 e. The van der Waals surface area contributed by atoms with Crippen LogP contribution in [0, 0.1) is 46.3 Å². The van der Waals surface area contributed by atoms with Crippen molar-refractivity contribution in [2.75, 3.05) is 6.54 Å². The first-order chi connectivity index (χ1) is 22.0. The van der Waals surface area contributed by atoms with Crippen molar-refractivity contribution >= 4 is 5.78 Å². The standard InChI is InChI=1S/C38H63NO8/c1-7-8-9-22-10-11-28-23(16-22)21(3)33(47-28)34(44)37(6,45)29-13-15-38(46)30-24(12-14-36(29,38)5)35(4)18-27(42)26(41)17-25(35)32(43)31(30)39-19-20(2)40/h20-29,33-34,39-42,44-46H,7-19H2,1-6H3/t20-,21-,22+,23-,24-,25-,26+,27-,28+,29-,33+,34+,35+,36+,37+,38+/m0/s1. The van der Waals surface area contributed by atoms with Crippen molar-refractivity contribution in [3.63, 3.8) is 0 Å². The Labute approximate surface area is 281 Å². The molecule has 4 saturated carbocycles. The number of hydrogen-bond acceptors (Lipinski definition) is 9. The van der Waals surface area contributed by atoms with E-state index in [1.807, 2.05) is 13.8 Å². The van der Waals surface area contributed by atoms with Crippen LogP contribution in [0.25, 0.3) is 0 Å². The van der Waals surface area contributed by atoms with Gasteiger partial charge >= 0.3 is 0 Å². The van der Waals surface area contributed by atoms with Crippen LogP contribution in [0.15, 0.2) is 11.3 Å². The second-order valence-electron chi connectivity index (χ2n) is 17.6. The second kappa shape index (κ2) is 12.6. The quantitative estimate of drug-likeness (QED) is 0.196. The molecular formula is C38H63NO8. The zero-order valence-electron chi connectivity index (χ0n) is 29.6. The summed E-state index contributed by atoms with van der Waals surface area (Å²) in [6.07, 6.45) is 5.15. The van der Waals surface area contributed by atoms with Gasteiger partial charge < -0.3 is 40.7 Å². The second-order valence-corrected chi connectivity index (χ2v) is 17.6. The summed E-state index contributed by atoms with van der Waals surface area (Å²) in [4.78, 5) is 14.3. The first kappa shape index (κ1) is 35.7. The lowest BCUT2D eigenvalue weighted by Crippen LogP contribution is -2.65. The van der Waals surface area contributed by atoms with Gasteiger partial charge in [-0.3, -0.25) is 4.79 Å². The van der Waals surface area contributed by atoms with E-state index in [0.717, 1.165) is 19.3 Å². The summed E-state index contributed by atoms with van der Waals surface area (Å²) in [5.41, 5.74) is -3.55. The fourth-order valence-electron chi connectivity index (χ4n) is 12.1. The number of ether oxygens (including phenoxy) is 1. The van der Waals surface area contributed by atoms with E-state index in [9.17, 15) is 35.4 Å². The highest BCUT2D eigenvalue weighted by Crippen LogP contribution is 2.69. The number of ketones is 1. The molecule has 1 aliphatic heterocycles. The minimum atomic E-state index is -1.55. The van der Waals surface area contributed by atoms with E-state index < -0.39 is 64.4 Å². The van der Waals surface area contributed by atoms with Crippen molar-refractivity contribution in [1.29, 1.82) is 0 Å². The molecule has 0 amide bonds. The van der Waals surface area contributed by atoms with Gasteiger partial charge in [-0.15, -0.1) is 0 Å². The van der Waals surface area contributed by atoms with Gasteiger partial charge in [-0.05, 0) is 112 Å². The predicted octanol–water partition coefficient (Wildman–Crippen LogP) is 3.61. The minimum Gasteiger partial charge on any atom is -0.392 e. The number of hydrogen-bond donors (Lipinski definition) is 7. The van der Waals surface area contributed by atoms with Crippen molar-refractivity contribution in [1.82, 2.24) is 5.32 Å². The molecule has 9 nitrogen and oxygen atoms in total. The van der Waals surface area contributed by atoms with Crippen LogP contribution in [-0.4, -0.2) is 90.8 Å². The van der Waals surface area contributed by atoms with Gasteiger partial charge in [-0.25, -0.2) is 0 Å². The Morgan fingerprint density at radius 2 is 1.77 bits per heavy atom. The van der Waals surface area contributed by atoms with Crippen LogP contribution in [0.5, 0.6) is 0 Å². The van der Waals surface area contributed by atoms with Crippen molar-refractivity contribution in [2.24, 2.45) is 46.3 Å². The molecule has 6 aliphatic rings. The minimum absolute atomic E-state index is 0.101. The number of fused-ring (bicyclic) bond motifs is 6. The van der Waals surface area contributed by atoms with Crippen LogP contribution in [0.4, 0.5) is 0 Å². The van der Waals surface area contributed by atoms with E-state index in [2.05, 4.69) is 19.2 Å². The van der Waals surface area contributed by atoms with Crippen LogP contribution < -0.4 is 5.32 Å². The monoisotopic (exact) mass is 661 g/mol. The van der Waals surface area contributed by atoms with Crippen LogP contribution in [0.1, 0.15) is 119 Å². The van der Waals surface area contributed by atoms with E-state index in [0.29, 0.717) is 48.8 Å². The number of unbranched alkanes of at least 4 members (excludes halogenated alkanes) is 1. The molecule has 5 fully saturated rings. The zero-order valence-corrected chi connectivity index (χ0v) is 29.6. The lowest BCUT2D eigenvalue weighted by Gasteiger charge is -2.61. The molecule has 268 valence electrons. The summed E-state index contributed by atoms with van der Waals surface area (Å²) >= 11 is 0. The highest BCUT2D eigenvalue weighted by molar-refractivity contribution is 5.99. The smallest absolute Gasteiger partial charge is 0.182 e. The first-order valence-electron chi connectivity index (χ1n) is 18.9. The van der Waals surface area contributed by atoms with Crippen LogP contribution in [0.2, 0.25) is 0 Å². The van der Waals surface area contributed by atoms with Crippen LogP contribution >= 0.6 is 0 Å². The number of carbonyl (C=O) groups excluding carboxylic acids is 1. The molecule has 5 aliphatic carbocycles. The molecule has 16 atom stereocenters. The number of nitrogens with one attached hydrogen (secondary N) is 1. The van der Waals surface area contributed by atoms with E-state index >= 15 is 0 Å². The van der Waals surface area contributed by atoms with Gasteiger partial charge in [0.05, 0.1) is 47.4 Å². The maximum Gasteiger partial charge on any atom is 0.182 e. The SMILES string of the molecule is CCCC[C@@H]1CC[C@H]2O[C@@H]([C@@H](O)[C@](C)(O)[C@H]3CC[C@@]4(O)C5=C(NC[C@H](C)O)C(=O)[C@@H]6C[C@@H](O)[C@@H](O)C[C@]6(C)[C@H]5CC[C@]34C)[C@@H](C)[C@@H]2C1. The summed E-state index contributed by atoms with van der Waals surface area (Å²) in [6, 6.07) is 0. The number of rotatable bonds is 9. The Balaban J connectivity index is 1.31. The molecule has 0 aromatic carbocycles. The summed E-state index contributed by atoms with van der Waals surface area (Å²) < 4.78 is 6.59. The molecule has 9 heteroatoms. The van der Waals surface area contributed by atoms with Crippen molar-refractivity contribution in [3.8, 4) is 0 Å². The Kier molecular flexibility index (Phi) is 9.59. The van der Waals surface area contributed by atoms with Crippen LogP contribution in [-0.2, 0) is 9.53 Å². The fraction of sp³-hybridized carbons (Fsp3) is 0.921. The first-order valence-corrected chi connectivity index (χ1v) is 18.9. The average Bonchev–Trinajstić information content (AvgIpc) is 3.49. The molecule has 0 spiro atoms. The van der Waals surface area contributed by atoms with Crippen LogP contribution in [0.3, 0.4) is 0 Å². The summed E-state index contributed by atoms with van der Waals surface area (Å²) in [7, 11) is 0. The molecule has 0 bridgehead atoms. The molecule has 0 aromatic heterocycles. The third-order valence-corrected chi connectivity index (χ3v) is 14.9. The topological polar surface area (TPSA) is 160 Å². The van der Waals surface area contributed by atoms with Gasteiger partial charge in [0.2, 0.25) is 0 Å². The van der Waals surface area contributed by atoms with E-state index in [1.54, 1.807) is 13.8 Å². The van der Waals surface area contributed by atoms with E-state index in [-0.39, 0.29) is 43.1 Å². The molecule has 0 radical (unpaired) electrons. The van der Waals surface area contributed by atoms with Gasteiger partial charge in [0.1, 0.15) is 6.10 Å². The summed E-state index contributed by atoms with van der Waals surface area (Å²) in [5, 5.41) is 72.3. The third kappa shape index (κ3) is 5.48. The molecular weight excluding hydrogens is 598 g/mol. The third-order valence-electron chi connectivity index (χ3n) is 14.9. The molecule has 1 heterocycles. The normalized spacial score (nSPS) is 49.0. The Bertz CT molecular complexity index is 1220. The number of allylic oxidation sites excluding steroid dienone is 1. The van der Waals surface area contributed by atoms with Gasteiger partial charge in [0, 0.05) is 17.9 Å². The maximum absolute atomic E-state index is 14.3. The maximum atomic E-state index is 14.3. The molecule has 6 rings (SSSR count). The number of aliphatic hydroxyl groups is 6. The Morgan fingerprint density at radius 1 is 1.04 bits per heavy atom. The molecule has 0 unspecified atom stereocenters. The number of carbonyl (C=O) groups is 1. The van der Waals surface area contributed by atoms with Crippen molar-refractivity contribution < 1.29 is 40.2 Å². The molecule has 47 heavy (non-hydrogen) atoms. The summed E-state index contributed by atoms with van der Waals surface area (Å²) in [5.74, 6) is -0.232. The van der Waals surface area contributed by atoms with Crippen molar-refractivity contribution in [3.05, 3.63) is 11.3 Å². The molecule has 0 aromatic rings. The predicted molar refractivity (Wildman–Crippen MR) is 178 cm³/mol. The average molecular weight is 662 g/mol. The van der Waals surface area contributed by atoms with Gasteiger partial charge in [0.25, 0.3) is 0 Å². The summed E-state index contributed by atoms with van der Waals surface area (Å²) in [6.45, 7) is 11.9. The fourth-order valence-corrected chi connectivity index (χ4v) is 12.1. The van der Waals surface area contributed by atoms with E-state index in [4.69, 9.17) is 4.74 Å². The van der Waals surface area contributed by atoms with Gasteiger partial charge in [0.15, 0.2) is 5.78 Å². The Hall–Kier alpha value is -1.07. The lowest BCUT2D eigenvalue weighted by molar-refractivity contribution is -0.198.